The molecule has 3 atom stereocenters. The van der Waals surface area contributed by atoms with E-state index >= 15 is 0 Å². The number of benzene rings is 1. The molecular weight excluding hydrogens is 246 g/mol. The third-order valence-corrected chi connectivity index (χ3v) is 4.75. The van der Waals surface area contributed by atoms with E-state index in [0.29, 0.717) is 17.9 Å². The number of nitrogen functional groups attached to an aromatic ring is 1. The van der Waals surface area contributed by atoms with E-state index in [0.717, 1.165) is 28.4 Å². The van der Waals surface area contributed by atoms with E-state index in [1.807, 2.05) is 18.2 Å². The van der Waals surface area contributed by atoms with Gasteiger partial charge in [0.25, 0.3) is 0 Å². The van der Waals surface area contributed by atoms with Crippen molar-refractivity contribution in [1.82, 2.24) is 9.55 Å². The topological polar surface area (TPSA) is 43.8 Å². The number of anilines is 1. The van der Waals surface area contributed by atoms with Crippen LogP contribution in [0.2, 0.25) is 5.02 Å². The lowest BCUT2D eigenvalue weighted by Gasteiger charge is -2.22. The molecule has 1 aromatic heterocycles. The van der Waals surface area contributed by atoms with Gasteiger partial charge in [0.05, 0.1) is 16.1 Å². The lowest BCUT2D eigenvalue weighted by atomic mass is 9.97. The van der Waals surface area contributed by atoms with Crippen LogP contribution in [0.3, 0.4) is 0 Å². The SMILES string of the molecule is CC1CCC(n2c(N)nc3cccc(Cl)c32)C1C. The van der Waals surface area contributed by atoms with E-state index in [1.54, 1.807) is 0 Å². The van der Waals surface area contributed by atoms with Gasteiger partial charge in [0.15, 0.2) is 0 Å². The van der Waals surface area contributed by atoms with Gasteiger partial charge < -0.3 is 10.3 Å². The average molecular weight is 264 g/mol. The van der Waals surface area contributed by atoms with E-state index in [-0.39, 0.29) is 0 Å². The largest absolute Gasteiger partial charge is 0.369 e. The van der Waals surface area contributed by atoms with Crippen LogP contribution in [-0.4, -0.2) is 9.55 Å². The molecule has 0 saturated heterocycles. The van der Waals surface area contributed by atoms with E-state index < -0.39 is 0 Å². The molecule has 3 rings (SSSR count). The first kappa shape index (κ1) is 11.8. The molecule has 0 amide bonds. The molecule has 1 saturated carbocycles. The van der Waals surface area contributed by atoms with E-state index in [2.05, 4.69) is 23.4 Å². The number of para-hydroxylation sites is 1. The first-order valence-electron chi connectivity index (χ1n) is 6.51. The summed E-state index contributed by atoms with van der Waals surface area (Å²) in [7, 11) is 0. The maximum absolute atomic E-state index is 6.32. The molecule has 0 radical (unpaired) electrons. The van der Waals surface area contributed by atoms with Crippen LogP contribution in [-0.2, 0) is 0 Å². The van der Waals surface area contributed by atoms with Crippen LogP contribution in [0.4, 0.5) is 5.95 Å². The van der Waals surface area contributed by atoms with Crippen molar-refractivity contribution in [3.05, 3.63) is 23.2 Å². The summed E-state index contributed by atoms with van der Waals surface area (Å²) in [4.78, 5) is 4.43. The Bertz CT molecular complexity index is 590. The summed E-state index contributed by atoms with van der Waals surface area (Å²) in [5.74, 6) is 1.93. The van der Waals surface area contributed by atoms with Crippen molar-refractivity contribution in [2.45, 2.75) is 32.7 Å². The van der Waals surface area contributed by atoms with Crippen LogP contribution in [0.5, 0.6) is 0 Å². The summed E-state index contributed by atoms with van der Waals surface area (Å²) in [5.41, 5.74) is 7.99. The number of halogens is 1. The highest BCUT2D eigenvalue weighted by atomic mass is 35.5. The van der Waals surface area contributed by atoms with Crippen LogP contribution in [0.25, 0.3) is 11.0 Å². The molecule has 2 N–H and O–H groups in total. The van der Waals surface area contributed by atoms with Crippen molar-refractivity contribution in [1.29, 1.82) is 0 Å². The van der Waals surface area contributed by atoms with Gasteiger partial charge >= 0.3 is 0 Å². The summed E-state index contributed by atoms with van der Waals surface area (Å²) < 4.78 is 2.14. The summed E-state index contributed by atoms with van der Waals surface area (Å²) >= 11 is 6.32. The predicted octanol–water partition coefficient (Wildman–Crippen LogP) is 3.88. The number of hydrogen-bond acceptors (Lipinski definition) is 2. The Kier molecular flexibility index (Phi) is 2.74. The number of hydrogen-bond donors (Lipinski definition) is 1. The van der Waals surface area contributed by atoms with Crippen LogP contribution >= 0.6 is 11.6 Å². The quantitative estimate of drug-likeness (QED) is 0.849. The minimum absolute atomic E-state index is 0.421. The molecule has 1 fully saturated rings. The Labute approximate surface area is 112 Å². The lowest BCUT2D eigenvalue weighted by molar-refractivity contribution is 0.361. The van der Waals surface area contributed by atoms with Gasteiger partial charge in [-0.05, 0) is 36.8 Å². The van der Waals surface area contributed by atoms with Gasteiger partial charge in [-0.2, -0.15) is 0 Å². The fraction of sp³-hybridized carbons (Fsp3) is 0.500. The summed E-state index contributed by atoms with van der Waals surface area (Å²) in [6, 6.07) is 6.22. The third kappa shape index (κ3) is 1.61. The number of aromatic nitrogens is 2. The number of fused-ring (bicyclic) bond motifs is 1. The molecule has 1 aromatic carbocycles. The first-order valence-corrected chi connectivity index (χ1v) is 6.89. The Morgan fingerprint density at radius 2 is 2.11 bits per heavy atom. The zero-order valence-electron chi connectivity index (χ0n) is 10.7. The molecule has 1 aliphatic rings. The minimum Gasteiger partial charge on any atom is -0.369 e. The van der Waals surface area contributed by atoms with Crippen molar-refractivity contribution >= 4 is 28.6 Å². The number of nitrogens with two attached hydrogens (primary N) is 1. The molecule has 1 aliphatic carbocycles. The van der Waals surface area contributed by atoms with Crippen LogP contribution in [0.1, 0.15) is 32.7 Å². The van der Waals surface area contributed by atoms with Gasteiger partial charge in [-0.15, -0.1) is 0 Å². The van der Waals surface area contributed by atoms with E-state index in [1.165, 1.54) is 6.42 Å². The second-order valence-electron chi connectivity index (χ2n) is 5.43. The molecule has 0 spiro atoms. The zero-order chi connectivity index (χ0) is 12.9. The van der Waals surface area contributed by atoms with E-state index in [4.69, 9.17) is 17.3 Å². The summed E-state index contributed by atoms with van der Waals surface area (Å²) in [5, 5.41) is 0.739. The highest BCUT2D eigenvalue weighted by Gasteiger charge is 2.33. The molecule has 1 heterocycles. The van der Waals surface area contributed by atoms with Gasteiger partial charge in [-0.1, -0.05) is 31.5 Å². The molecule has 18 heavy (non-hydrogen) atoms. The molecule has 3 unspecified atom stereocenters. The van der Waals surface area contributed by atoms with Crippen LogP contribution in [0.15, 0.2) is 18.2 Å². The van der Waals surface area contributed by atoms with Crippen molar-refractivity contribution in [3.63, 3.8) is 0 Å². The predicted molar refractivity (Wildman–Crippen MR) is 75.8 cm³/mol. The second-order valence-corrected chi connectivity index (χ2v) is 5.84. The minimum atomic E-state index is 0.421. The molecule has 96 valence electrons. The van der Waals surface area contributed by atoms with Gasteiger partial charge in [0.1, 0.15) is 0 Å². The maximum atomic E-state index is 6.32. The smallest absolute Gasteiger partial charge is 0.201 e. The van der Waals surface area contributed by atoms with Crippen molar-refractivity contribution in [2.24, 2.45) is 11.8 Å². The first-order chi connectivity index (χ1) is 8.59. The Hall–Kier alpha value is -1.22. The van der Waals surface area contributed by atoms with E-state index in [9.17, 15) is 0 Å². The molecule has 3 nitrogen and oxygen atoms in total. The normalized spacial score (nSPS) is 28.1. The van der Waals surface area contributed by atoms with Crippen molar-refractivity contribution < 1.29 is 0 Å². The highest BCUT2D eigenvalue weighted by molar-refractivity contribution is 6.35. The molecule has 0 aliphatic heterocycles. The zero-order valence-corrected chi connectivity index (χ0v) is 11.5. The van der Waals surface area contributed by atoms with Gasteiger partial charge in [-0.25, -0.2) is 4.98 Å². The summed E-state index contributed by atoms with van der Waals surface area (Å²) in [6.07, 6.45) is 2.40. The van der Waals surface area contributed by atoms with Crippen LogP contribution < -0.4 is 5.73 Å². The second kappa shape index (κ2) is 4.16. The van der Waals surface area contributed by atoms with Gasteiger partial charge in [-0.3, -0.25) is 0 Å². The monoisotopic (exact) mass is 263 g/mol. The summed E-state index contributed by atoms with van der Waals surface area (Å²) in [6.45, 7) is 4.60. The van der Waals surface area contributed by atoms with Gasteiger partial charge in [0.2, 0.25) is 5.95 Å². The number of nitrogens with zero attached hydrogens (tertiary/aromatic N) is 2. The van der Waals surface area contributed by atoms with Crippen LogP contribution in [0, 0.1) is 11.8 Å². The molecular formula is C14H18ClN3. The third-order valence-electron chi connectivity index (χ3n) is 4.44. The fourth-order valence-electron chi connectivity index (χ4n) is 3.16. The lowest BCUT2D eigenvalue weighted by Crippen LogP contribution is -2.16. The number of imidazole rings is 1. The van der Waals surface area contributed by atoms with Gasteiger partial charge in [0, 0.05) is 6.04 Å². The average Bonchev–Trinajstić information content (AvgIpc) is 2.82. The Morgan fingerprint density at radius 3 is 2.78 bits per heavy atom. The number of rotatable bonds is 1. The molecule has 0 bridgehead atoms. The van der Waals surface area contributed by atoms with Crippen molar-refractivity contribution in [2.75, 3.05) is 5.73 Å². The fourth-order valence-corrected chi connectivity index (χ4v) is 3.42. The maximum Gasteiger partial charge on any atom is 0.201 e. The Balaban J connectivity index is 2.20. The highest BCUT2D eigenvalue weighted by Crippen LogP contribution is 2.43. The Morgan fingerprint density at radius 1 is 1.33 bits per heavy atom. The van der Waals surface area contributed by atoms with Crippen molar-refractivity contribution in [3.8, 4) is 0 Å². The molecule has 2 aromatic rings. The standard InChI is InChI=1S/C14H18ClN3/c1-8-6-7-12(9(8)2)18-13-10(15)4-3-5-11(13)17-14(18)16/h3-5,8-9,12H,6-7H2,1-2H3,(H2,16,17). The molecule has 4 heteroatoms.